The number of nitrogens with one attached hydrogen (secondary N) is 16. The summed E-state index contributed by atoms with van der Waals surface area (Å²) in [6, 6.07) is 30.4. The Bertz CT molecular complexity index is 6020. The van der Waals surface area contributed by atoms with Gasteiger partial charge < -0.3 is 122 Å². The van der Waals surface area contributed by atoms with Gasteiger partial charge in [0, 0.05) is 141 Å². The summed E-state index contributed by atoms with van der Waals surface area (Å²) in [5.41, 5.74) is 45.2. The highest BCUT2D eigenvalue weighted by Crippen LogP contribution is 2.29. The minimum atomic E-state index is -1.43. The van der Waals surface area contributed by atoms with Gasteiger partial charge in [-0.3, -0.25) is 57.5 Å². The van der Waals surface area contributed by atoms with E-state index in [1.807, 2.05) is 146 Å². The van der Waals surface area contributed by atoms with Crippen LogP contribution in [0, 0.1) is 0 Å². The van der Waals surface area contributed by atoms with Gasteiger partial charge in [0.15, 0.2) is 0 Å². The zero-order chi connectivity index (χ0) is 93.2. The molecule has 11 atom stereocenters. The molecule has 7 heterocycles. The third kappa shape index (κ3) is 24.7. The van der Waals surface area contributed by atoms with Crippen molar-refractivity contribution in [2.24, 2.45) is 34.4 Å². The second kappa shape index (κ2) is 46.5. The maximum absolute atomic E-state index is 15.7. The molecule has 28 N–H and O–H groups in total. The van der Waals surface area contributed by atoms with Crippen LogP contribution in [0.15, 0.2) is 183 Å². The Morgan fingerprint density at radius 2 is 0.576 bits per heavy atom. The number of aromatic nitrogens is 6. The molecule has 35 heteroatoms. The number of carbonyl (C=O) groups excluding carboxylic acids is 12. The van der Waals surface area contributed by atoms with Gasteiger partial charge in [-0.2, -0.15) is 0 Å². The van der Waals surface area contributed by atoms with Gasteiger partial charge in [-0.1, -0.05) is 109 Å². The molecule has 0 aliphatic carbocycles. The Hall–Kier alpha value is -14.0. The maximum Gasteiger partial charge on any atom is 0.246 e. The lowest BCUT2D eigenvalue weighted by molar-refractivity contribution is -0.142. The normalized spacial score (nSPS) is 15.0. The second-order valence-corrected chi connectivity index (χ2v) is 34.0. The number of para-hydroxylation sites is 6. The molecule has 35 nitrogen and oxygen atoms in total. The third-order valence-electron chi connectivity index (χ3n) is 24.7. The van der Waals surface area contributed by atoms with Gasteiger partial charge in [0.2, 0.25) is 70.9 Å². The summed E-state index contributed by atoms with van der Waals surface area (Å²) in [4.78, 5) is 199. The molecule has 0 radical (unpaired) electrons. The lowest BCUT2D eigenvalue weighted by Gasteiger charge is -2.30. The van der Waals surface area contributed by atoms with E-state index in [4.69, 9.17) is 34.4 Å². The number of unbranched alkanes of at least 4 members (excludes halogenated alkanes) is 4. The molecule has 1 saturated heterocycles. The number of hydrogen-bond acceptors (Lipinski definition) is 17. The van der Waals surface area contributed by atoms with Crippen molar-refractivity contribution >= 4 is 136 Å². The first-order valence-electron chi connectivity index (χ1n) is 45.5. The van der Waals surface area contributed by atoms with E-state index >= 15 is 28.8 Å². The first kappa shape index (κ1) is 95.6. The van der Waals surface area contributed by atoms with Gasteiger partial charge in [-0.05, 0) is 192 Å². The average molecular weight is 1800 g/mol. The minimum Gasteiger partial charge on any atom is -0.368 e. The van der Waals surface area contributed by atoms with E-state index in [-0.39, 0.29) is 96.8 Å². The largest absolute Gasteiger partial charge is 0.368 e. The Morgan fingerprint density at radius 1 is 0.318 bits per heavy atom. The van der Waals surface area contributed by atoms with Gasteiger partial charge >= 0.3 is 0 Å². The zero-order valence-electron chi connectivity index (χ0n) is 73.9. The number of likely N-dealkylation sites (tertiary alicyclic amines) is 1. The molecule has 132 heavy (non-hydrogen) atoms. The fourth-order valence-electron chi connectivity index (χ4n) is 17.5. The molecule has 0 bridgehead atoms. The molecule has 0 saturated carbocycles. The monoisotopic (exact) mass is 1800 g/mol. The number of nitrogens with zero attached hydrogens (tertiary/aromatic N) is 1. The van der Waals surface area contributed by atoms with E-state index in [0.717, 1.165) is 76.5 Å². The number of fused-ring (bicyclic) bond motifs is 6. The van der Waals surface area contributed by atoms with Crippen LogP contribution in [0.5, 0.6) is 0 Å². The number of primary amides is 1. The maximum atomic E-state index is 15.7. The Balaban J connectivity index is 0.716. The van der Waals surface area contributed by atoms with E-state index in [9.17, 15) is 28.8 Å². The summed E-state index contributed by atoms with van der Waals surface area (Å²) in [6.45, 7) is 0.415. The molecule has 1 aliphatic heterocycles. The van der Waals surface area contributed by atoms with Crippen LogP contribution in [0.25, 0.3) is 65.4 Å². The predicted octanol–water partition coefficient (Wildman–Crippen LogP) is 4.13. The molecule has 6 aromatic heterocycles. The molecule has 13 rings (SSSR count). The molecule has 12 amide bonds. The number of H-pyrrole nitrogens is 6. The van der Waals surface area contributed by atoms with Gasteiger partial charge in [0.1, 0.15) is 60.4 Å². The highest BCUT2D eigenvalue weighted by Gasteiger charge is 2.41. The molecule has 12 aromatic rings. The Labute approximate surface area is 762 Å². The van der Waals surface area contributed by atoms with Gasteiger partial charge in [-0.25, -0.2) is 0 Å². The summed E-state index contributed by atoms with van der Waals surface area (Å²) in [7, 11) is 0. The van der Waals surface area contributed by atoms with Crippen molar-refractivity contribution < 1.29 is 57.5 Å². The van der Waals surface area contributed by atoms with Crippen molar-refractivity contribution in [2.75, 3.05) is 39.3 Å². The molecule has 0 unspecified atom stereocenters. The number of benzene rings is 6. The summed E-state index contributed by atoms with van der Waals surface area (Å²) in [5, 5.41) is 33.4. The molecule has 1 fully saturated rings. The molecule has 0 spiro atoms. The summed E-state index contributed by atoms with van der Waals surface area (Å²) < 4.78 is 0. The second-order valence-electron chi connectivity index (χ2n) is 34.0. The number of nitrogens with two attached hydrogens (primary N) is 6. The first-order valence-corrected chi connectivity index (χ1v) is 45.5. The van der Waals surface area contributed by atoms with E-state index in [1.165, 1.54) is 4.90 Å². The number of hydrogen-bond donors (Lipinski definition) is 22. The Morgan fingerprint density at radius 3 is 0.894 bits per heavy atom. The van der Waals surface area contributed by atoms with E-state index in [0.29, 0.717) is 86.6 Å². The van der Waals surface area contributed by atoms with Crippen molar-refractivity contribution in [1.82, 2.24) is 88.0 Å². The summed E-state index contributed by atoms with van der Waals surface area (Å²) in [5.74, 6) is -8.89. The standard InChI is InChI=1S/C97H121N23O12/c98-39-17-13-34-76(112-88(123)69(102)44-57-50-104-70-28-7-1-22-63(57)70)90(125)117-82(47-60-53-107-73-31-10-4-25-66(60)73)95(130)115-79(37-16-20-42-101)92(127)119-84(49-62-55-109-75-33-12-6-27-68(62)75)97(132)120-43-21-38-85(120)96(131)110-56-86(121)111-81(46-59-52-106-72-30-9-3-24-65(59)72)93(128)113-78(36-15-19-41-100)91(126)118-83(48-61-54-108-74-32-11-5-26-67(61)74)94(129)114-77(35-14-18-40-99)89(124)116-80(87(103)122)45-58-51-105-71-29-8-2-23-64(58)71/h1-12,22-33,50-55,69,76-85,104-109H,13-21,34-49,56,98-102H2,(H2,103,122)(H,110,131)(H,111,121)(H,112,123)(H,113,128)(H,114,129)(H,115,130)(H,116,124)(H,117,125)(H,118,126)(H,119,127)/t69-,76-,77-,78-,79-,80-,81-,82-,83-,84-,85+/m1/s1. The molecule has 1 aliphatic rings. The fourth-order valence-corrected chi connectivity index (χ4v) is 17.5. The smallest absolute Gasteiger partial charge is 0.246 e. The number of rotatable bonds is 50. The van der Waals surface area contributed by atoms with Crippen LogP contribution < -0.4 is 87.6 Å². The van der Waals surface area contributed by atoms with Crippen molar-refractivity contribution in [2.45, 2.75) is 195 Å². The number of aromatic amines is 6. The highest BCUT2D eigenvalue weighted by molar-refractivity contribution is 6.01. The number of amides is 12. The van der Waals surface area contributed by atoms with Crippen molar-refractivity contribution in [3.05, 3.63) is 216 Å². The van der Waals surface area contributed by atoms with Crippen molar-refractivity contribution in [3.8, 4) is 0 Å². The van der Waals surface area contributed by atoms with Gasteiger partial charge in [0.05, 0.1) is 12.6 Å². The van der Waals surface area contributed by atoms with Crippen molar-refractivity contribution in [3.63, 3.8) is 0 Å². The first-order chi connectivity index (χ1) is 64.1. The molecular formula is C97H121N23O12. The van der Waals surface area contributed by atoms with Crippen LogP contribution in [0.3, 0.4) is 0 Å². The van der Waals surface area contributed by atoms with Crippen LogP contribution in [0.4, 0.5) is 0 Å². The SMILES string of the molecule is NCCCC[C@@H](NC(=O)[C@H](N)Cc1c[nH]c2ccccc12)C(=O)N[C@H](Cc1c[nH]c2ccccc12)C(=O)N[C@H](CCCCN)C(=O)N[C@H](Cc1c[nH]c2ccccc12)C(=O)N1CCC[C@H]1C(=O)NCC(=O)N[C@H](Cc1c[nH]c2ccccc12)C(=O)N[C@H](CCCCN)C(=O)N[C@H](Cc1c[nH]c2ccccc12)C(=O)N[C@H](CCCCN)C(=O)N[C@H](Cc1c[nH]c2ccccc12)C(N)=O. The number of carbonyl (C=O) groups is 12. The van der Waals surface area contributed by atoms with Gasteiger partial charge in [0.25, 0.3) is 0 Å². The van der Waals surface area contributed by atoms with Crippen LogP contribution in [0.2, 0.25) is 0 Å². The highest BCUT2D eigenvalue weighted by atomic mass is 16.2. The van der Waals surface area contributed by atoms with E-state index in [2.05, 4.69) is 83.1 Å². The van der Waals surface area contributed by atoms with Crippen LogP contribution in [0.1, 0.15) is 123 Å². The predicted molar refractivity (Wildman–Crippen MR) is 506 cm³/mol. The fraction of sp³-hybridized carbons (Fsp3) is 0.381. The minimum absolute atomic E-state index is 0.00555. The van der Waals surface area contributed by atoms with Gasteiger partial charge in [-0.15, -0.1) is 0 Å². The lowest BCUT2D eigenvalue weighted by atomic mass is 10.0. The van der Waals surface area contributed by atoms with Crippen LogP contribution >= 0.6 is 0 Å². The summed E-state index contributed by atoms with van der Waals surface area (Å²) >= 11 is 0. The zero-order valence-corrected chi connectivity index (χ0v) is 73.9. The quantitative estimate of drug-likeness (QED) is 0.0238. The molecule has 6 aromatic carbocycles. The molecule has 696 valence electrons. The van der Waals surface area contributed by atoms with Crippen LogP contribution in [-0.2, 0) is 96.1 Å². The average Bonchev–Trinajstić information content (AvgIpc) is 1.63. The topological polar surface area (TPSA) is 579 Å². The third-order valence-corrected chi connectivity index (χ3v) is 24.7. The van der Waals surface area contributed by atoms with E-state index in [1.54, 1.807) is 37.2 Å². The van der Waals surface area contributed by atoms with Crippen molar-refractivity contribution in [1.29, 1.82) is 0 Å². The lowest BCUT2D eigenvalue weighted by Crippen LogP contribution is -2.60. The Kier molecular flexibility index (Phi) is 33.7. The van der Waals surface area contributed by atoms with E-state index < -0.39 is 144 Å². The summed E-state index contributed by atoms with van der Waals surface area (Å²) in [6.07, 6.45) is 14.2. The van der Waals surface area contributed by atoms with Crippen LogP contribution in [-0.4, -0.2) is 211 Å². The molecular weight excluding hydrogens is 1680 g/mol.